The van der Waals surface area contributed by atoms with Crippen LogP contribution >= 0.6 is 11.6 Å². The van der Waals surface area contributed by atoms with E-state index in [0.29, 0.717) is 16.5 Å². The highest BCUT2D eigenvalue weighted by Gasteiger charge is 2.24. The first-order valence-electron chi connectivity index (χ1n) is 6.83. The van der Waals surface area contributed by atoms with Crippen LogP contribution in [0.4, 0.5) is 5.69 Å². The maximum atomic E-state index is 12.3. The van der Waals surface area contributed by atoms with Crippen molar-refractivity contribution in [1.82, 2.24) is 5.16 Å². The van der Waals surface area contributed by atoms with Crippen molar-refractivity contribution in [2.75, 3.05) is 5.43 Å². The van der Waals surface area contributed by atoms with E-state index in [1.54, 1.807) is 30.3 Å². The highest BCUT2D eigenvalue weighted by Crippen LogP contribution is 2.23. The van der Waals surface area contributed by atoms with Gasteiger partial charge in [-0.3, -0.25) is 10.2 Å². The fraction of sp³-hybridized carbons (Fsp3) is 0.250. The summed E-state index contributed by atoms with van der Waals surface area (Å²) in [7, 11) is 0. The molecule has 0 atom stereocenters. The highest BCUT2D eigenvalue weighted by atomic mass is 35.5. The largest absolute Gasteiger partial charge is 0.360 e. The van der Waals surface area contributed by atoms with E-state index in [0.717, 1.165) is 0 Å². The first kappa shape index (κ1) is 16.7. The molecule has 0 amide bonds. The van der Waals surface area contributed by atoms with Crippen molar-refractivity contribution in [3.63, 3.8) is 0 Å². The third kappa shape index (κ3) is 3.96. The van der Waals surface area contributed by atoms with E-state index in [-0.39, 0.29) is 16.8 Å². The Labute approximate surface area is 138 Å². The molecule has 7 heteroatoms. The van der Waals surface area contributed by atoms with Crippen molar-refractivity contribution in [1.29, 1.82) is 5.26 Å². The summed E-state index contributed by atoms with van der Waals surface area (Å²) in [6.07, 6.45) is 0. The average Bonchev–Trinajstić information content (AvgIpc) is 2.99. The number of halogens is 1. The number of hydrogen-bond acceptors (Lipinski definition) is 6. The van der Waals surface area contributed by atoms with Gasteiger partial charge in [-0.1, -0.05) is 49.7 Å². The molecule has 0 bridgehead atoms. The van der Waals surface area contributed by atoms with Crippen LogP contribution in [0, 0.1) is 11.3 Å². The van der Waals surface area contributed by atoms with Crippen molar-refractivity contribution in [3.05, 3.63) is 46.8 Å². The number of Topliss-reactive ketones (excluding diaryl/α,β-unsaturated/α-hetero) is 1. The lowest BCUT2D eigenvalue weighted by molar-refractivity contribution is 0.105. The lowest BCUT2D eigenvalue weighted by Crippen LogP contribution is -2.15. The first-order valence-corrected chi connectivity index (χ1v) is 7.21. The first-order chi connectivity index (χ1) is 10.8. The maximum absolute atomic E-state index is 12.3. The van der Waals surface area contributed by atoms with Gasteiger partial charge >= 0.3 is 0 Å². The molecule has 0 saturated heterocycles. The Morgan fingerprint density at radius 3 is 2.65 bits per heavy atom. The Hall–Kier alpha value is -2.65. The molecule has 1 N–H and O–H groups in total. The number of hydrazone groups is 1. The van der Waals surface area contributed by atoms with Gasteiger partial charge in [0.05, 0.1) is 10.7 Å². The highest BCUT2D eigenvalue weighted by molar-refractivity contribution is 6.51. The smallest absolute Gasteiger partial charge is 0.245 e. The van der Waals surface area contributed by atoms with Gasteiger partial charge in [0, 0.05) is 11.5 Å². The summed E-state index contributed by atoms with van der Waals surface area (Å²) < 4.78 is 5.15. The van der Waals surface area contributed by atoms with Crippen LogP contribution in [0.2, 0.25) is 5.02 Å². The predicted octanol–water partition coefficient (Wildman–Crippen LogP) is 3.80. The molecule has 23 heavy (non-hydrogen) atoms. The Morgan fingerprint density at radius 1 is 1.39 bits per heavy atom. The van der Waals surface area contributed by atoms with Crippen LogP contribution in [0.5, 0.6) is 0 Å². The molecule has 1 aromatic heterocycles. The molecule has 0 aliphatic carbocycles. The summed E-state index contributed by atoms with van der Waals surface area (Å²) >= 11 is 5.97. The molecule has 2 rings (SSSR count). The van der Waals surface area contributed by atoms with Gasteiger partial charge in [0.1, 0.15) is 11.8 Å². The minimum absolute atomic E-state index is 0.0381. The number of hydrogen-bond donors (Lipinski definition) is 1. The Kier molecular flexibility index (Phi) is 4.82. The van der Waals surface area contributed by atoms with E-state index in [1.807, 2.05) is 20.8 Å². The van der Waals surface area contributed by atoms with Gasteiger partial charge in [0.15, 0.2) is 5.69 Å². The Balaban J connectivity index is 2.22. The molecule has 0 radical (unpaired) electrons. The monoisotopic (exact) mass is 330 g/mol. The van der Waals surface area contributed by atoms with Gasteiger partial charge in [0.25, 0.3) is 0 Å². The molecule has 0 spiro atoms. The van der Waals surface area contributed by atoms with E-state index in [9.17, 15) is 4.79 Å². The van der Waals surface area contributed by atoms with Crippen molar-refractivity contribution >= 4 is 28.8 Å². The fourth-order valence-electron chi connectivity index (χ4n) is 1.65. The van der Waals surface area contributed by atoms with Gasteiger partial charge in [-0.2, -0.15) is 10.4 Å². The van der Waals surface area contributed by atoms with Crippen LogP contribution in [0.3, 0.4) is 0 Å². The number of para-hydroxylation sites is 1. The number of anilines is 1. The normalized spacial score (nSPS) is 11.9. The van der Waals surface area contributed by atoms with E-state index < -0.39 is 5.78 Å². The molecule has 0 unspecified atom stereocenters. The summed E-state index contributed by atoms with van der Waals surface area (Å²) in [5, 5.41) is 17.1. The molecule has 0 aliphatic rings. The Bertz CT molecular complexity index is 797. The molecule has 118 valence electrons. The van der Waals surface area contributed by atoms with Crippen molar-refractivity contribution in [2.45, 2.75) is 26.2 Å². The van der Waals surface area contributed by atoms with Gasteiger partial charge < -0.3 is 4.52 Å². The van der Waals surface area contributed by atoms with Crippen LogP contribution in [-0.4, -0.2) is 16.7 Å². The molecular weight excluding hydrogens is 316 g/mol. The number of nitrogens with zero attached hydrogens (tertiary/aromatic N) is 3. The second-order valence-electron chi connectivity index (χ2n) is 5.82. The van der Waals surface area contributed by atoms with Crippen molar-refractivity contribution < 1.29 is 9.32 Å². The zero-order valence-corrected chi connectivity index (χ0v) is 13.7. The molecule has 1 heterocycles. The zero-order chi connectivity index (χ0) is 17.0. The molecule has 2 aromatic rings. The number of rotatable bonds is 4. The number of carbonyl (C=O) groups excluding carboxylic acids is 1. The quantitative estimate of drug-likeness (QED) is 0.523. The third-order valence-corrected chi connectivity index (χ3v) is 3.29. The second kappa shape index (κ2) is 6.63. The van der Waals surface area contributed by atoms with E-state index in [2.05, 4.69) is 15.7 Å². The van der Waals surface area contributed by atoms with E-state index in [1.165, 1.54) is 6.07 Å². The number of benzene rings is 1. The van der Waals surface area contributed by atoms with Crippen LogP contribution in [-0.2, 0) is 5.41 Å². The number of aromatic nitrogens is 1. The lowest BCUT2D eigenvalue weighted by Gasteiger charge is -2.11. The molecule has 1 aromatic carbocycles. The second-order valence-corrected chi connectivity index (χ2v) is 6.23. The van der Waals surface area contributed by atoms with Gasteiger partial charge in [-0.05, 0) is 12.1 Å². The molecule has 0 fully saturated rings. The molecule has 0 aliphatic heterocycles. The van der Waals surface area contributed by atoms with Crippen LogP contribution < -0.4 is 5.43 Å². The fourth-order valence-corrected chi connectivity index (χ4v) is 1.83. The van der Waals surface area contributed by atoms with Gasteiger partial charge in [-0.25, -0.2) is 0 Å². The number of nitrogens with one attached hydrogen (secondary N) is 1. The summed E-state index contributed by atoms with van der Waals surface area (Å²) in [4.78, 5) is 12.3. The zero-order valence-electron chi connectivity index (χ0n) is 12.9. The summed E-state index contributed by atoms with van der Waals surface area (Å²) in [6, 6.07) is 10.1. The van der Waals surface area contributed by atoms with E-state index in [4.69, 9.17) is 21.4 Å². The molecular formula is C16H15ClN4O2. The minimum atomic E-state index is -0.619. The number of nitriles is 1. The lowest BCUT2D eigenvalue weighted by atomic mass is 9.93. The van der Waals surface area contributed by atoms with Crippen LogP contribution in [0.25, 0.3) is 0 Å². The van der Waals surface area contributed by atoms with Gasteiger partial charge in [0.2, 0.25) is 11.5 Å². The molecule has 0 saturated carbocycles. The standard InChI is InChI=1S/C16H15ClN4O2/c1-16(2,3)14-8-12(21-23-14)15(22)13(9-18)20-19-11-7-5-4-6-10(11)17/h4-8,19H,1-3H3/b20-13+. The van der Waals surface area contributed by atoms with Crippen molar-refractivity contribution in [2.24, 2.45) is 5.10 Å². The van der Waals surface area contributed by atoms with Crippen LogP contribution in [0.1, 0.15) is 37.0 Å². The third-order valence-electron chi connectivity index (χ3n) is 2.96. The maximum Gasteiger partial charge on any atom is 0.245 e. The molecule has 6 nitrogen and oxygen atoms in total. The Morgan fingerprint density at radius 2 is 2.09 bits per heavy atom. The number of carbonyl (C=O) groups is 1. The SMILES string of the molecule is CC(C)(C)c1cc(C(=O)/C(C#N)=N/Nc2ccccc2Cl)no1. The summed E-state index contributed by atoms with van der Waals surface area (Å²) in [5.41, 5.74) is 2.51. The van der Waals surface area contributed by atoms with Crippen molar-refractivity contribution in [3.8, 4) is 6.07 Å². The number of ketones is 1. The summed E-state index contributed by atoms with van der Waals surface area (Å²) in [5.74, 6) is -0.0662. The topological polar surface area (TPSA) is 91.3 Å². The van der Waals surface area contributed by atoms with Crippen LogP contribution in [0.15, 0.2) is 40.0 Å². The average molecular weight is 331 g/mol. The minimum Gasteiger partial charge on any atom is -0.360 e. The van der Waals surface area contributed by atoms with E-state index >= 15 is 0 Å². The van der Waals surface area contributed by atoms with Gasteiger partial charge in [-0.15, -0.1) is 0 Å². The summed E-state index contributed by atoms with van der Waals surface area (Å²) in [6.45, 7) is 5.79. The predicted molar refractivity (Wildman–Crippen MR) is 87.7 cm³/mol.